The highest BCUT2D eigenvalue weighted by Crippen LogP contribution is 2.43. The van der Waals surface area contributed by atoms with Crippen LogP contribution in [0.25, 0.3) is 0 Å². The van der Waals surface area contributed by atoms with Gasteiger partial charge >= 0.3 is 0 Å². The van der Waals surface area contributed by atoms with Crippen LogP contribution in [-0.4, -0.2) is 13.0 Å². The molecule has 0 heterocycles. The van der Waals surface area contributed by atoms with Crippen molar-refractivity contribution in [3.63, 3.8) is 0 Å². The summed E-state index contributed by atoms with van der Waals surface area (Å²) in [6.07, 6.45) is 10.4. The van der Waals surface area contributed by atoms with E-state index in [0.717, 1.165) is 23.3 Å². The predicted molar refractivity (Wildman–Crippen MR) is 104 cm³/mol. The van der Waals surface area contributed by atoms with Crippen molar-refractivity contribution in [2.45, 2.75) is 71.8 Å². The van der Waals surface area contributed by atoms with Crippen LogP contribution in [0.4, 0.5) is 0 Å². The van der Waals surface area contributed by atoms with Crippen LogP contribution >= 0.6 is 0 Å². The van der Waals surface area contributed by atoms with Crippen LogP contribution in [0.1, 0.15) is 76.0 Å². The van der Waals surface area contributed by atoms with E-state index in [0.29, 0.717) is 5.92 Å². The van der Waals surface area contributed by atoms with Crippen LogP contribution in [-0.2, 0) is 4.79 Å². The zero-order chi connectivity index (χ0) is 18.2. The lowest BCUT2D eigenvalue weighted by molar-refractivity contribution is -0.118. The maximum absolute atomic E-state index is 12.6. The fourth-order valence-electron chi connectivity index (χ4n) is 3.31. The second-order valence-electron chi connectivity index (χ2n) is 7.20. The lowest BCUT2D eigenvalue weighted by Crippen LogP contribution is -2.31. The quantitative estimate of drug-likeness (QED) is 0.451. The van der Waals surface area contributed by atoms with Gasteiger partial charge in [-0.2, -0.15) is 0 Å². The Balaban J connectivity index is 2.02. The number of allylic oxidation sites excluding steroid dienone is 1. The first kappa shape index (κ1) is 19.6. The Labute approximate surface area is 152 Å². The summed E-state index contributed by atoms with van der Waals surface area (Å²) in [6.45, 7) is 6.22. The first-order chi connectivity index (χ1) is 12.1. The summed E-state index contributed by atoms with van der Waals surface area (Å²) in [5.74, 6) is 1.50. The fraction of sp³-hybridized carbons (Fsp3) is 0.591. The van der Waals surface area contributed by atoms with Crippen LogP contribution in [0.2, 0.25) is 0 Å². The summed E-state index contributed by atoms with van der Waals surface area (Å²) in [7, 11) is 1.70. The largest absolute Gasteiger partial charge is 0.496 e. The van der Waals surface area contributed by atoms with Gasteiger partial charge in [-0.1, -0.05) is 44.4 Å². The predicted octanol–water partition coefficient (Wildman–Crippen LogP) is 5.49. The van der Waals surface area contributed by atoms with Gasteiger partial charge in [0.25, 0.3) is 0 Å². The minimum atomic E-state index is 0.0645. The molecule has 1 aliphatic rings. The van der Waals surface area contributed by atoms with Crippen molar-refractivity contribution in [2.75, 3.05) is 7.11 Å². The highest BCUT2D eigenvalue weighted by Gasteiger charge is 2.34. The van der Waals surface area contributed by atoms with Gasteiger partial charge in [0.1, 0.15) is 5.75 Å². The van der Waals surface area contributed by atoms with Crippen molar-refractivity contribution < 1.29 is 9.53 Å². The molecule has 138 valence electrons. The van der Waals surface area contributed by atoms with Gasteiger partial charge in [-0.05, 0) is 62.6 Å². The fourth-order valence-corrected chi connectivity index (χ4v) is 3.31. The lowest BCUT2D eigenvalue weighted by Gasteiger charge is -2.22. The second-order valence-corrected chi connectivity index (χ2v) is 7.20. The Morgan fingerprint density at radius 3 is 2.72 bits per heavy atom. The third kappa shape index (κ3) is 5.62. The third-order valence-corrected chi connectivity index (χ3v) is 5.13. The summed E-state index contributed by atoms with van der Waals surface area (Å²) in [6, 6.07) is 6.20. The molecule has 1 aromatic rings. The molecular formula is C22H33NO2. The number of rotatable bonds is 10. The van der Waals surface area contributed by atoms with E-state index in [2.05, 4.69) is 31.3 Å². The molecule has 0 radical (unpaired) electrons. The Morgan fingerprint density at radius 1 is 1.32 bits per heavy atom. The number of carbonyl (C=O) groups is 1. The number of carbonyl (C=O) groups excluding carboxylic acids is 1. The lowest BCUT2D eigenvalue weighted by atomic mass is 9.96. The number of nitrogens with one attached hydrogen (secondary N) is 1. The summed E-state index contributed by atoms with van der Waals surface area (Å²) < 4.78 is 5.45. The Bertz CT molecular complexity index is 602. The molecule has 0 bridgehead atoms. The van der Waals surface area contributed by atoms with Crippen molar-refractivity contribution in [1.29, 1.82) is 0 Å². The molecule has 1 atom stereocenters. The molecule has 3 heteroatoms. The number of hydrogen-bond acceptors (Lipinski definition) is 2. The number of hydrogen-bond donors (Lipinski definition) is 1. The van der Waals surface area contributed by atoms with Gasteiger partial charge in [-0.15, -0.1) is 0 Å². The molecule has 1 amide bonds. The van der Waals surface area contributed by atoms with Gasteiger partial charge in [0, 0.05) is 5.57 Å². The van der Waals surface area contributed by atoms with Crippen LogP contribution < -0.4 is 10.1 Å². The van der Waals surface area contributed by atoms with Crippen molar-refractivity contribution in [2.24, 2.45) is 5.92 Å². The first-order valence-corrected chi connectivity index (χ1v) is 9.69. The van der Waals surface area contributed by atoms with Crippen LogP contribution in [0.5, 0.6) is 5.75 Å². The average Bonchev–Trinajstić information content (AvgIpc) is 3.44. The second kappa shape index (κ2) is 9.65. The Kier molecular flexibility index (Phi) is 7.54. The maximum atomic E-state index is 12.6. The molecule has 2 rings (SSSR count). The molecule has 0 spiro atoms. The molecule has 1 N–H and O–H groups in total. The van der Waals surface area contributed by atoms with Crippen molar-refractivity contribution in [1.82, 2.24) is 5.32 Å². The van der Waals surface area contributed by atoms with Gasteiger partial charge in [0.15, 0.2) is 0 Å². The van der Waals surface area contributed by atoms with Crippen LogP contribution in [0.15, 0.2) is 29.8 Å². The molecule has 1 aliphatic carbocycles. The van der Waals surface area contributed by atoms with Crippen molar-refractivity contribution in [3.05, 3.63) is 41.0 Å². The van der Waals surface area contributed by atoms with E-state index >= 15 is 0 Å². The van der Waals surface area contributed by atoms with E-state index < -0.39 is 0 Å². The maximum Gasteiger partial charge on any atom is 0.247 e. The standard InChI is InChI=1S/C22H33NO2/c1-5-6-7-8-9-11-16(2)22(24)23-21(18-14-15-18)19-12-10-13-20(25-4)17(19)3/h10-13,18,21H,5-9,14-15H2,1-4H3,(H,23,24). The number of methoxy groups -OCH3 is 1. The first-order valence-electron chi connectivity index (χ1n) is 9.69. The summed E-state index contributed by atoms with van der Waals surface area (Å²) in [5.41, 5.74) is 3.15. The van der Waals surface area contributed by atoms with E-state index in [-0.39, 0.29) is 11.9 Å². The summed E-state index contributed by atoms with van der Waals surface area (Å²) >= 11 is 0. The molecule has 3 nitrogen and oxygen atoms in total. The zero-order valence-electron chi connectivity index (χ0n) is 16.2. The molecule has 0 saturated heterocycles. The highest BCUT2D eigenvalue weighted by atomic mass is 16.5. The van der Waals surface area contributed by atoms with E-state index in [9.17, 15) is 4.79 Å². The van der Waals surface area contributed by atoms with Crippen molar-refractivity contribution in [3.8, 4) is 5.75 Å². The van der Waals surface area contributed by atoms with Gasteiger partial charge in [0.2, 0.25) is 5.91 Å². The number of amides is 1. The van der Waals surface area contributed by atoms with Gasteiger partial charge < -0.3 is 10.1 Å². The molecule has 1 saturated carbocycles. The monoisotopic (exact) mass is 343 g/mol. The molecule has 1 fully saturated rings. The summed E-state index contributed by atoms with van der Waals surface area (Å²) in [5, 5.41) is 3.28. The van der Waals surface area contributed by atoms with E-state index in [1.807, 2.05) is 19.1 Å². The number of benzene rings is 1. The van der Waals surface area contributed by atoms with Gasteiger partial charge in [-0.3, -0.25) is 4.79 Å². The number of ether oxygens (including phenoxy) is 1. The average molecular weight is 344 g/mol. The van der Waals surface area contributed by atoms with Gasteiger partial charge in [0.05, 0.1) is 13.2 Å². The highest BCUT2D eigenvalue weighted by molar-refractivity contribution is 5.93. The molecule has 1 unspecified atom stereocenters. The normalized spacial score (nSPS) is 15.8. The molecule has 25 heavy (non-hydrogen) atoms. The minimum absolute atomic E-state index is 0.0645. The Hall–Kier alpha value is -1.77. The molecular weight excluding hydrogens is 310 g/mol. The summed E-state index contributed by atoms with van der Waals surface area (Å²) in [4.78, 5) is 12.6. The van der Waals surface area contributed by atoms with Crippen molar-refractivity contribution >= 4 is 5.91 Å². The van der Waals surface area contributed by atoms with E-state index in [1.54, 1.807) is 7.11 Å². The minimum Gasteiger partial charge on any atom is -0.496 e. The van der Waals surface area contributed by atoms with E-state index in [4.69, 9.17) is 4.74 Å². The van der Waals surface area contributed by atoms with Gasteiger partial charge in [-0.25, -0.2) is 0 Å². The topological polar surface area (TPSA) is 38.3 Å². The zero-order valence-corrected chi connectivity index (χ0v) is 16.2. The van der Waals surface area contributed by atoms with Crippen LogP contribution in [0.3, 0.4) is 0 Å². The Morgan fingerprint density at radius 2 is 2.08 bits per heavy atom. The molecule has 0 aliphatic heterocycles. The number of unbranched alkanes of at least 4 members (excludes halogenated alkanes) is 4. The van der Waals surface area contributed by atoms with E-state index in [1.165, 1.54) is 44.1 Å². The third-order valence-electron chi connectivity index (χ3n) is 5.13. The van der Waals surface area contributed by atoms with Crippen LogP contribution in [0, 0.1) is 12.8 Å². The smallest absolute Gasteiger partial charge is 0.247 e. The molecule has 0 aromatic heterocycles. The molecule has 1 aromatic carbocycles. The SMILES string of the molecule is CCCCCCC=C(C)C(=O)NC(c1cccc(OC)c1C)C1CC1.